The Morgan fingerprint density at radius 1 is 1.15 bits per heavy atom. The molecule has 20 heavy (non-hydrogen) atoms. The van der Waals surface area contributed by atoms with Crippen molar-refractivity contribution in [1.29, 1.82) is 0 Å². The Morgan fingerprint density at radius 3 is 2.45 bits per heavy atom. The molecule has 0 unspecified atom stereocenters. The smallest absolute Gasteiger partial charge is 0.160 e. The van der Waals surface area contributed by atoms with Gasteiger partial charge in [-0.3, -0.25) is 4.79 Å². The summed E-state index contributed by atoms with van der Waals surface area (Å²) < 4.78 is 6.92. The minimum atomic E-state index is 0.106. The van der Waals surface area contributed by atoms with Crippen LogP contribution in [0.25, 0.3) is 0 Å². The van der Waals surface area contributed by atoms with E-state index in [1.807, 2.05) is 42.5 Å². The Morgan fingerprint density at radius 2 is 1.85 bits per heavy atom. The fourth-order valence-electron chi connectivity index (χ4n) is 2.12. The van der Waals surface area contributed by atoms with Crippen molar-refractivity contribution >= 4 is 28.4 Å². The van der Waals surface area contributed by atoms with Crippen molar-refractivity contribution in [3.05, 3.63) is 62.7 Å². The largest absolute Gasteiger partial charge is 0.488 e. The number of rotatable bonds is 5. The van der Waals surface area contributed by atoms with Gasteiger partial charge in [0, 0.05) is 5.56 Å². The molecule has 2 aromatic rings. The van der Waals surface area contributed by atoms with Crippen molar-refractivity contribution in [3.63, 3.8) is 0 Å². The van der Waals surface area contributed by atoms with Gasteiger partial charge in [-0.25, -0.2) is 0 Å². The van der Waals surface area contributed by atoms with Gasteiger partial charge in [0.1, 0.15) is 12.4 Å². The molecule has 0 atom stereocenters. The predicted molar refractivity (Wildman–Crippen MR) is 89.3 cm³/mol. The standard InChI is InChI=1S/C17H17IO2/c1-3-14-15(12(2)19)9-10-16(17(14)18)20-11-13-7-5-4-6-8-13/h4-10H,3,11H2,1-2H3. The van der Waals surface area contributed by atoms with E-state index in [0.29, 0.717) is 6.61 Å². The number of carbonyl (C=O) groups excluding carboxylic acids is 1. The van der Waals surface area contributed by atoms with Crippen LogP contribution in [0.5, 0.6) is 5.75 Å². The molecule has 104 valence electrons. The fraction of sp³-hybridized carbons (Fsp3) is 0.235. The SMILES string of the molecule is CCc1c(C(C)=O)ccc(OCc2ccccc2)c1I. The summed E-state index contributed by atoms with van der Waals surface area (Å²) in [7, 11) is 0. The van der Waals surface area contributed by atoms with Crippen LogP contribution in [-0.2, 0) is 13.0 Å². The maximum Gasteiger partial charge on any atom is 0.160 e. The van der Waals surface area contributed by atoms with Crippen molar-refractivity contribution in [1.82, 2.24) is 0 Å². The maximum atomic E-state index is 11.6. The molecule has 0 spiro atoms. The first-order valence-electron chi connectivity index (χ1n) is 6.62. The van der Waals surface area contributed by atoms with Gasteiger partial charge in [0.05, 0.1) is 3.57 Å². The number of ketones is 1. The molecule has 2 rings (SSSR count). The first kappa shape index (κ1) is 15.0. The van der Waals surface area contributed by atoms with Crippen molar-refractivity contribution in [3.8, 4) is 5.75 Å². The highest BCUT2D eigenvalue weighted by molar-refractivity contribution is 14.1. The van der Waals surface area contributed by atoms with Crippen LogP contribution in [0.15, 0.2) is 42.5 Å². The molecular formula is C17H17IO2. The summed E-state index contributed by atoms with van der Waals surface area (Å²) in [6.45, 7) is 4.21. The lowest BCUT2D eigenvalue weighted by molar-refractivity contribution is 0.101. The summed E-state index contributed by atoms with van der Waals surface area (Å²) in [5.74, 6) is 0.950. The molecule has 2 aromatic carbocycles. The second-order valence-electron chi connectivity index (χ2n) is 4.59. The number of hydrogen-bond acceptors (Lipinski definition) is 2. The monoisotopic (exact) mass is 380 g/mol. The second kappa shape index (κ2) is 6.88. The molecule has 3 heteroatoms. The maximum absolute atomic E-state index is 11.6. The molecule has 2 nitrogen and oxygen atoms in total. The Bertz CT molecular complexity index is 606. The van der Waals surface area contributed by atoms with Crippen molar-refractivity contribution in [2.45, 2.75) is 26.9 Å². The zero-order valence-corrected chi connectivity index (χ0v) is 13.8. The van der Waals surface area contributed by atoms with Crippen LogP contribution >= 0.6 is 22.6 Å². The summed E-state index contributed by atoms with van der Waals surface area (Å²) in [4.78, 5) is 11.6. The quantitative estimate of drug-likeness (QED) is 0.558. The van der Waals surface area contributed by atoms with Gasteiger partial charge in [0.15, 0.2) is 5.78 Å². The van der Waals surface area contributed by atoms with Gasteiger partial charge in [-0.05, 0) is 59.2 Å². The lowest BCUT2D eigenvalue weighted by atomic mass is 10.0. The van der Waals surface area contributed by atoms with Gasteiger partial charge < -0.3 is 4.74 Å². The summed E-state index contributed by atoms with van der Waals surface area (Å²) >= 11 is 2.27. The average molecular weight is 380 g/mol. The van der Waals surface area contributed by atoms with Gasteiger partial charge in [-0.1, -0.05) is 37.3 Å². The van der Waals surface area contributed by atoms with Gasteiger partial charge in [-0.15, -0.1) is 0 Å². The zero-order chi connectivity index (χ0) is 14.5. The first-order valence-corrected chi connectivity index (χ1v) is 7.70. The molecule has 0 N–H and O–H groups in total. The highest BCUT2D eigenvalue weighted by atomic mass is 127. The van der Waals surface area contributed by atoms with E-state index >= 15 is 0 Å². The molecule has 0 saturated carbocycles. The third-order valence-electron chi connectivity index (χ3n) is 3.18. The Kier molecular flexibility index (Phi) is 5.17. The van der Waals surface area contributed by atoms with E-state index in [0.717, 1.165) is 32.4 Å². The molecule has 0 heterocycles. The number of Topliss-reactive ketones (excluding diaryl/α,β-unsaturated/α-hetero) is 1. The molecule has 0 aliphatic rings. The molecule has 0 aromatic heterocycles. The highest BCUT2D eigenvalue weighted by Crippen LogP contribution is 2.29. The van der Waals surface area contributed by atoms with Crippen LogP contribution in [0.2, 0.25) is 0 Å². The van der Waals surface area contributed by atoms with Gasteiger partial charge in [-0.2, -0.15) is 0 Å². The van der Waals surface area contributed by atoms with E-state index in [1.54, 1.807) is 6.92 Å². The molecule has 0 bridgehead atoms. The summed E-state index contributed by atoms with van der Waals surface area (Å²) in [5, 5.41) is 0. The third kappa shape index (κ3) is 3.39. The number of hydrogen-bond donors (Lipinski definition) is 0. The molecule has 0 aliphatic carbocycles. The fourth-order valence-corrected chi connectivity index (χ4v) is 3.13. The van der Waals surface area contributed by atoms with Crippen LogP contribution in [-0.4, -0.2) is 5.78 Å². The van der Waals surface area contributed by atoms with Crippen molar-refractivity contribution < 1.29 is 9.53 Å². The van der Waals surface area contributed by atoms with Crippen molar-refractivity contribution in [2.24, 2.45) is 0 Å². The Labute approximate surface area is 133 Å². The predicted octanol–water partition coefficient (Wildman–Crippen LogP) is 4.64. The molecule has 0 radical (unpaired) electrons. The van der Waals surface area contributed by atoms with E-state index in [1.165, 1.54) is 0 Å². The van der Waals surface area contributed by atoms with Gasteiger partial charge >= 0.3 is 0 Å². The molecule has 0 saturated heterocycles. The average Bonchev–Trinajstić information content (AvgIpc) is 2.46. The lowest BCUT2D eigenvalue weighted by Crippen LogP contribution is -2.04. The highest BCUT2D eigenvalue weighted by Gasteiger charge is 2.13. The van der Waals surface area contributed by atoms with Crippen LogP contribution in [0.4, 0.5) is 0 Å². The number of halogens is 1. The number of carbonyl (C=O) groups is 1. The van der Waals surface area contributed by atoms with Crippen LogP contribution in [0, 0.1) is 3.57 Å². The second-order valence-corrected chi connectivity index (χ2v) is 5.67. The molecule has 0 aliphatic heterocycles. The summed E-state index contributed by atoms with van der Waals surface area (Å²) in [5.41, 5.74) is 3.00. The van der Waals surface area contributed by atoms with E-state index in [4.69, 9.17) is 4.74 Å². The summed E-state index contributed by atoms with van der Waals surface area (Å²) in [6, 6.07) is 13.8. The topological polar surface area (TPSA) is 26.3 Å². The van der Waals surface area contributed by atoms with E-state index in [9.17, 15) is 4.79 Å². The van der Waals surface area contributed by atoms with E-state index in [2.05, 4.69) is 29.5 Å². The minimum absolute atomic E-state index is 0.106. The zero-order valence-electron chi connectivity index (χ0n) is 11.7. The third-order valence-corrected chi connectivity index (χ3v) is 4.36. The van der Waals surface area contributed by atoms with E-state index < -0.39 is 0 Å². The lowest BCUT2D eigenvalue weighted by Gasteiger charge is -2.13. The number of benzene rings is 2. The number of ether oxygens (including phenoxy) is 1. The molecule has 0 amide bonds. The van der Waals surface area contributed by atoms with Crippen LogP contribution in [0.3, 0.4) is 0 Å². The normalized spacial score (nSPS) is 10.3. The van der Waals surface area contributed by atoms with Gasteiger partial charge in [0.25, 0.3) is 0 Å². The van der Waals surface area contributed by atoms with Crippen LogP contribution < -0.4 is 4.74 Å². The Hall–Kier alpha value is -1.36. The minimum Gasteiger partial charge on any atom is -0.488 e. The summed E-state index contributed by atoms with van der Waals surface area (Å²) in [6.07, 6.45) is 0.829. The van der Waals surface area contributed by atoms with E-state index in [-0.39, 0.29) is 5.78 Å². The first-order chi connectivity index (χ1) is 9.63. The van der Waals surface area contributed by atoms with Gasteiger partial charge in [0.2, 0.25) is 0 Å². The molecular weight excluding hydrogens is 363 g/mol. The Balaban J connectivity index is 2.23. The van der Waals surface area contributed by atoms with Crippen LogP contribution in [0.1, 0.15) is 35.3 Å². The van der Waals surface area contributed by atoms with Crippen molar-refractivity contribution in [2.75, 3.05) is 0 Å². The molecule has 0 fully saturated rings.